The predicted molar refractivity (Wildman–Crippen MR) is 90.4 cm³/mol. The van der Waals surface area contributed by atoms with Gasteiger partial charge in [0.25, 0.3) is 0 Å². The van der Waals surface area contributed by atoms with Crippen molar-refractivity contribution in [1.82, 2.24) is 5.43 Å². The lowest BCUT2D eigenvalue weighted by Crippen LogP contribution is -2.32. The van der Waals surface area contributed by atoms with Crippen LogP contribution in [0.4, 0.5) is 5.69 Å². The first-order valence-corrected chi connectivity index (χ1v) is 7.18. The summed E-state index contributed by atoms with van der Waals surface area (Å²) in [6, 6.07) is 14.9. The van der Waals surface area contributed by atoms with Gasteiger partial charge in [-0.1, -0.05) is 18.2 Å². The van der Waals surface area contributed by atoms with E-state index in [2.05, 4.69) is 15.8 Å². The van der Waals surface area contributed by atoms with E-state index in [4.69, 9.17) is 9.84 Å². The Morgan fingerprint density at radius 1 is 1.00 bits per heavy atom. The lowest BCUT2D eigenvalue weighted by molar-refractivity contribution is -0.139. The molecule has 8 heteroatoms. The highest BCUT2D eigenvalue weighted by molar-refractivity contribution is 6.39. The van der Waals surface area contributed by atoms with Gasteiger partial charge in [-0.2, -0.15) is 5.10 Å². The number of carboxylic acid groups (broad SMARTS) is 1. The van der Waals surface area contributed by atoms with Crippen LogP contribution in [0.25, 0.3) is 0 Å². The van der Waals surface area contributed by atoms with Gasteiger partial charge in [0.15, 0.2) is 6.61 Å². The highest BCUT2D eigenvalue weighted by Crippen LogP contribution is 2.10. The maximum Gasteiger partial charge on any atom is 0.341 e. The molecule has 0 spiro atoms. The van der Waals surface area contributed by atoms with Crippen molar-refractivity contribution in [1.29, 1.82) is 0 Å². The van der Waals surface area contributed by atoms with E-state index in [1.165, 1.54) is 6.21 Å². The van der Waals surface area contributed by atoms with E-state index in [0.29, 0.717) is 17.0 Å². The highest BCUT2D eigenvalue weighted by Gasteiger charge is 2.12. The number of hydrogen-bond acceptors (Lipinski definition) is 5. The number of benzene rings is 2. The summed E-state index contributed by atoms with van der Waals surface area (Å²) < 4.78 is 4.99. The summed E-state index contributed by atoms with van der Waals surface area (Å²) in [6.07, 6.45) is 1.34. The molecule has 0 saturated carbocycles. The van der Waals surface area contributed by atoms with E-state index in [-0.39, 0.29) is 0 Å². The van der Waals surface area contributed by atoms with Gasteiger partial charge in [-0.05, 0) is 42.0 Å². The largest absolute Gasteiger partial charge is 0.482 e. The summed E-state index contributed by atoms with van der Waals surface area (Å²) in [7, 11) is 0. The summed E-state index contributed by atoms with van der Waals surface area (Å²) in [5.74, 6) is -2.41. The Hall–Kier alpha value is -3.68. The minimum absolute atomic E-state index is 0.394. The van der Waals surface area contributed by atoms with Crippen LogP contribution >= 0.6 is 0 Å². The van der Waals surface area contributed by atoms with E-state index >= 15 is 0 Å². The van der Waals surface area contributed by atoms with Crippen molar-refractivity contribution in [2.24, 2.45) is 5.10 Å². The minimum Gasteiger partial charge on any atom is -0.482 e. The third-order valence-electron chi connectivity index (χ3n) is 2.86. The second-order valence-electron chi connectivity index (χ2n) is 4.77. The maximum absolute atomic E-state index is 11.7. The summed E-state index contributed by atoms with van der Waals surface area (Å²) in [5.41, 5.74) is 3.25. The number of amides is 2. The Labute approximate surface area is 143 Å². The number of hydrogen-bond donors (Lipinski definition) is 3. The average molecular weight is 341 g/mol. The zero-order valence-corrected chi connectivity index (χ0v) is 13.0. The standard InChI is InChI=1S/C17H15N3O5/c21-15(22)11-25-14-8-6-12(7-9-14)10-18-20-17(24)16(23)19-13-4-2-1-3-5-13/h1-10H,11H2,(H,19,23)(H,20,24)(H,21,22)/b18-10+. The normalized spacial score (nSPS) is 10.2. The third kappa shape index (κ3) is 6.14. The molecule has 8 nitrogen and oxygen atoms in total. The van der Waals surface area contributed by atoms with Crippen molar-refractivity contribution in [3.05, 3.63) is 60.2 Å². The molecular weight excluding hydrogens is 326 g/mol. The number of carbonyl (C=O) groups excluding carboxylic acids is 2. The van der Waals surface area contributed by atoms with Crippen LogP contribution in [-0.4, -0.2) is 35.7 Å². The third-order valence-corrected chi connectivity index (χ3v) is 2.86. The number of carboxylic acids is 1. The van der Waals surface area contributed by atoms with Crippen LogP contribution < -0.4 is 15.5 Å². The zero-order valence-electron chi connectivity index (χ0n) is 13.0. The fraction of sp³-hybridized carbons (Fsp3) is 0.0588. The predicted octanol–water partition coefficient (Wildman–Crippen LogP) is 1.24. The molecule has 0 aliphatic heterocycles. The smallest absolute Gasteiger partial charge is 0.341 e. The number of nitrogens with one attached hydrogen (secondary N) is 2. The Morgan fingerprint density at radius 2 is 1.68 bits per heavy atom. The molecule has 0 aliphatic carbocycles. The molecule has 128 valence electrons. The quantitative estimate of drug-likeness (QED) is 0.415. The van der Waals surface area contributed by atoms with Crippen molar-refractivity contribution in [2.75, 3.05) is 11.9 Å². The van der Waals surface area contributed by atoms with Crippen LogP contribution in [0.15, 0.2) is 59.7 Å². The number of carbonyl (C=O) groups is 3. The van der Waals surface area contributed by atoms with Crippen LogP contribution in [0.1, 0.15) is 5.56 Å². The molecule has 25 heavy (non-hydrogen) atoms. The van der Waals surface area contributed by atoms with Crippen LogP contribution in [0, 0.1) is 0 Å². The minimum atomic E-state index is -1.07. The number of aliphatic carboxylic acids is 1. The van der Waals surface area contributed by atoms with Gasteiger partial charge in [-0.15, -0.1) is 0 Å². The van der Waals surface area contributed by atoms with Crippen LogP contribution in [0.2, 0.25) is 0 Å². The van der Waals surface area contributed by atoms with Gasteiger partial charge >= 0.3 is 17.8 Å². The van der Waals surface area contributed by atoms with Crippen molar-refractivity contribution in [3.63, 3.8) is 0 Å². The Balaban J connectivity index is 1.82. The average Bonchev–Trinajstić information content (AvgIpc) is 2.61. The number of anilines is 1. The number of rotatable bonds is 6. The fourth-order valence-electron chi connectivity index (χ4n) is 1.72. The SMILES string of the molecule is O=C(O)COc1ccc(/C=N/NC(=O)C(=O)Nc2ccccc2)cc1. The molecule has 0 atom stereocenters. The van der Waals surface area contributed by atoms with Crippen molar-refractivity contribution in [2.45, 2.75) is 0 Å². The number of hydrazone groups is 1. The summed E-state index contributed by atoms with van der Waals surface area (Å²) in [5, 5.41) is 14.6. The Morgan fingerprint density at radius 3 is 2.32 bits per heavy atom. The van der Waals surface area contributed by atoms with Crippen LogP contribution in [0.3, 0.4) is 0 Å². The summed E-state index contributed by atoms with van der Waals surface area (Å²) in [4.78, 5) is 33.7. The topological polar surface area (TPSA) is 117 Å². The zero-order chi connectivity index (χ0) is 18.1. The van der Waals surface area contributed by atoms with Crippen LogP contribution in [0.5, 0.6) is 5.75 Å². The van der Waals surface area contributed by atoms with Gasteiger partial charge in [0.2, 0.25) is 0 Å². The molecule has 2 aromatic carbocycles. The monoisotopic (exact) mass is 341 g/mol. The molecule has 2 rings (SSSR count). The fourth-order valence-corrected chi connectivity index (χ4v) is 1.72. The first-order valence-electron chi connectivity index (χ1n) is 7.18. The molecule has 0 radical (unpaired) electrons. The molecule has 3 N–H and O–H groups in total. The van der Waals surface area contributed by atoms with E-state index < -0.39 is 24.4 Å². The van der Waals surface area contributed by atoms with Crippen molar-refractivity contribution >= 4 is 29.7 Å². The van der Waals surface area contributed by atoms with Gasteiger partial charge in [-0.25, -0.2) is 10.2 Å². The molecule has 0 heterocycles. The van der Waals surface area contributed by atoms with Gasteiger partial charge in [-0.3, -0.25) is 9.59 Å². The number of ether oxygens (including phenoxy) is 1. The van der Waals surface area contributed by atoms with Gasteiger partial charge in [0, 0.05) is 5.69 Å². The lowest BCUT2D eigenvalue weighted by atomic mass is 10.2. The lowest BCUT2D eigenvalue weighted by Gasteiger charge is -2.03. The van der Waals surface area contributed by atoms with Crippen LogP contribution in [-0.2, 0) is 14.4 Å². The molecular formula is C17H15N3O5. The van der Waals surface area contributed by atoms with E-state index in [1.807, 2.05) is 0 Å². The molecule has 0 unspecified atom stereocenters. The van der Waals surface area contributed by atoms with E-state index in [0.717, 1.165) is 0 Å². The second-order valence-corrected chi connectivity index (χ2v) is 4.77. The van der Waals surface area contributed by atoms with E-state index in [1.54, 1.807) is 54.6 Å². The summed E-state index contributed by atoms with van der Waals surface area (Å²) >= 11 is 0. The molecule has 2 amide bonds. The Bertz CT molecular complexity index is 773. The second kappa shape index (κ2) is 8.82. The number of para-hydroxylation sites is 1. The highest BCUT2D eigenvalue weighted by atomic mass is 16.5. The number of nitrogens with zero attached hydrogens (tertiary/aromatic N) is 1. The van der Waals surface area contributed by atoms with E-state index in [9.17, 15) is 14.4 Å². The molecule has 0 fully saturated rings. The first-order chi connectivity index (χ1) is 12.0. The molecule has 0 aliphatic rings. The molecule has 0 aromatic heterocycles. The summed E-state index contributed by atoms with van der Waals surface area (Å²) in [6.45, 7) is -0.431. The first kappa shape index (κ1) is 17.7. The van der Waals surface area contributed by atoms with Crippen molar-refractivity contribution in [3.8, 4) is 5.75 Å². The van der Waals surface area contributed by atoms with Gasteiger partial charge in [0.05, 0.1) is 6.21 Å². The molecule has 0 saturated heterocycles. The molecule has 2 aromatic rings. The van der Waals surface area contributed by atoms with Gasteiger partial charge < -0.3 is 15.2 Å². The maximum atomic E-state index is 11.7. The van der Waals surface area contributed by atoms with Gasteiger partial charge in [0.1, 0.15) is 5.75 Å². The Kier molecular flexibility index (Phi) is 6.24. The molecule has 0 bridgehead atoms. The van der Waals surface area contributed by atoms with Crippen molar-refractivity contribution < 1.29 is 24.2 Å².